The Balaban J connectivity index is 1.52. The predicted octanol–water partition coefficient (Wildman–Crippen LogP) is 4.11. The number of rotatable bonds is 6. The quantitative estimate of drug-likeness (QED) is 0.697. The molecular formula is C22H24N2O4. The van der Waals surface area contributed by atoms with Crippen LogP contribution in [0.2, 0.25) is 0 Å². The summed E-state index contributed by atoms with van der Waals surface area (Å²) < 4.78 is 16.5. The summed E-state index contributed by atoms with van der Waals surface area (Å²) in [5.74, 6) is 1.89. The Morgan fingerprint density at radius 3 is 2.64 bits per heavy atom. The lowest BCUT2D eigenvalue weighted by molar-refractivity contribution is 0.0938. The van der Waals surface area contributed by atoms with Crippen molar-refractivity contribution in [1.82, 2.24) is 10.3 Å². The van der Waals surface area contributed by atoms with Gasteiger partial charge >= 0.3 is 0 Å². The molecule has 2 aromatic carbocycles. The van der Waals surface area contributed by atoms with Crippen LogP contribution < -0.4 is 14.8 Å². The van der Waals surface area contributed by atoms with Gasteiger partial charge in [-0.3, -0.25) is 4.79 Å². The number of amides is 1. The van der Waals surface area contributed by atoms with Crippen LogP contribution in [-0.4, -0.2) is 31.2 Å². The predicted molar refractivity (Wildman–Crippen MR) is 106 cm³/mol. The van der Waals surface area contributed by atoms with E-state index in [-0.39, 0.29) is 5.91 Å². The average molecular weight is 380 g/mol. The first-order valence-corrected chi connectivity index (χ1v) is 9.57. The van der Waals surface area contributed by atoms with Gasteiger partial charge in [0.15, 0.2) is 23.0 Å². The maximum Gasteiger partial charge on any atom is 0.251 e. The summed E-state index contributed by atoms with van der Waals surface area (Å²) in [5.41, 5.74) is 2.97. The van der Waals surface area contributed by atoms with Gasteiger partial charge in [0.1, 0.15) is 5.52 Å². The van der Waals surface area contributed by atoms with Crippen molar-refractivity contribution in [2.45, 2.75) is 38.1 Å². The minimum absolute atomic E-state index is 0.0494. The van der Waals surface area contributed by atoms with E-state index in [1.54, 1.807) is 26.4 Å². The molecular weight excluding hydrogens is 356 g/mol. The number of nitrogens with one attached hydrogen (secondary N) is 1. The van der Waals surface area contributed by atoms with Gasteiger partial charge in [0.2, 0.25) is 0 Å². The Morgan fingerprint density at radius 2 is 1.89 bits per heavy atom. The molecule has 4 rings (SSSR count). The minimum atomic E-state index is -0.0494. The van der Waals surface area contributed by atoms with Crippen LogP contribution in [0.3, 0.4) is 0 Å². The van der Waals surface area contributed by atoms with Crippen LogP contribution in [0.4, 0.5) is 0 Å². The molecule has 0 bridgehead atoms. The normalized spacial score (nSPS) is 14.4. The molecule has 1 aromatic heterocycles. The van der Waals surface area contributed by atoms with E-state index < -0.39 is 0 Å². The van der Waals surface area contributed by atoms with Crippen molar-refractivity contribution in [2.75, 3.05) is 14.2 Å². The van der Waals surface area contributed by atoms with Gasteiger partial charge in [-0.05, 0) is 48.7 Å². The Kier molecular flexibility index (Phi) is 5.19. The number of carbonyl (C=O) groups is 1. The molecule has 6 heteroatoms. The van der Waals surface area contributed by atoms with Crippen LogP contribution in [0, 0.1) is 0 Å². The standard InChI is InChI=1S/C22H24N2O4/c1-26-18-10-7-14(11-20(18)27-2)12-21-24-17-9-8-15(13-19(17)28-21)22(25)23-16-5-3-4-6-16/h7-11,13,16H,3-6,12H2,1-2H3,(H,23,25). The molecule has 1 fully saturated rings. The van der Waals surface area contributed by atoms with Gasteiger partial charge in [-0.2, -0.15) is 0 Å². The maximum absolute atomic E-state index is 12.5. The Bertz CT molecular complexity index is 989. The van der Waals surface area contributed by atoms with Crippen LogP contribution in [0.1, 0.15) is 47.5 Å². The third-order valence-corrected chi connectivity index (χ3v) is 5.19. The number of hydrogen-bond donors (Lipinski definition) is 1. The van der Waals surface area contributed by atoms with Crippen LogP contribution in [0.5, 0.6) is 11.5 Å². The minimum Gasteiger partial charge on any atom is -0.493 e. The van der Waals surface area contributed by atoms with Crippen LogP contribution in [0.15, 0.2) is 40.8 Å². The smallest absolute Gasteiger partial charge is 0.251 e. The third-order valence-electron chi connectivity index (χ3n) is 5.19. The summed E-state index contributed by atoms with van der Waals surface area (Å²) in [5, 5.41) is 3.10. The van der Waals surface area contributed by atoms with E-state index in [2.05, 4.69) is 10.3 Å². The second-order valence-corrected chi connectivity index (χ2v) is 7.11. The lowest BCUT2D eigenvalue weighted by atomic mass is 10.1. The highest BCUT2D eigenvalue weighted by Gasteiger charge is 2.19. The zero-order valence-electron chi connectivity index (χ0n) is 16.2. The summed E-state index contributed by atoms with van der Waals surface area (Å²) in [6.45, 7) is 0. The molecule has 6 nitrogen and oxygen atoms in total. The Morgan fingerprint density at radius 1 is 1.11 bits per heavy atom. The van der Waals surface area contributed by atoms with E-state index in [1.165, 1.54) is 12.8 Å². The lowest BCUT2D eigenvalue weighted by Crippen LogP contribution is -2.32. The van der Waals surface area contributed by atoms with Gasteiger partial charge in [0.05, 0.1) is 14.2 Å². The number of oxazole rings is 1. The molecule has 0 saturated heterocycles. The van der Waals surface area contributed by atoms with Gasteiger partial charge in [0, 0.05) is 18.0 Å². The summed E-state index contributed by atoms with van der Waals surface area (Å²) in [6, 6.07) is 11.4. The molecule has 0 atom stereocenters. The fourth-order valence-corrected chi connectivity index (χ4v) is 3.69. The molecule has 0 spiro atoms. The van der Waals surface area contributed by atoms with Crippen molar-refractivity contribution in [3.05, 3.63) is 53.4 Å². The number of hydrogen-bond acceptors (Lipinski definition) is 5. The number of ether oxygens (including phenoxy) is 2. The molecule has 0 aliphatic heterocycles. The molecule has 1 saturated carbocycles. The monoisotopic (exact) mass is 380 g/mol. The van der Waals surface area contributed by atoms with Crippen molar-refractivity contribution in [3.63, 3.8) is 0 Å². The molecule has 1 aliphatic carbocycles. The topological polar surface area (TPSA) is 73.6 Å². The highest BCUT2D eigenvalue weighted by Crippen LogP contribution is 2.29. The maximum atomic E-state index is 12.5. The van der Waals surface area contributed by atoms with Crippen molar-refractivity contribution < 1.29 is 18.7 Å². The zero-order valence-corrected chi connectivity index (χ0v) is 16.2. The first-order chi connectivity index (χ1) is 13.7. The van der Waals surface area contributed by atoms with Crippen molar-refractivity contribution in [1.29, 1.82) is 0 Å². The number of aromatic nitrogens is 1. The second-order valence-electron chi connectivity index (χ2n) is 7.11. The van der Waals surface area contributed by atoms with Gasteiger partial charge in [-0.15, -0.1) is 0 Å². The number of benzene rings is 2. The first-order valence-electron chi connectivity index (χ1n) is 9.57. The fraction of sp³-hybridized carbons (Fsp3) is 0.364. The van der Waals surface area contributed by atoms with E-state index in [4.69, 9.17) is 13.9 Å². The van der Waals surface area contributed by atoms with Gasteiger partial charge in [-0.1, -0.05) is 18.9 Å². The Labute approximate surface area is 163 Å². The molecule has 3 aromatic rings. The first kappa shape index (κ1) is 18.3. The fourth-order valence-electron chi connectivity index (χ4n) is 3.69. The number of fused-ring (bicyclic) bond motifs is 1. The molecule has 1 heterocycles. The van der Waals surface area contributed by atoms with E-state index in [0.29, 0.717) is 41.0 Å². The molecule has 1 amide bonds. The zero-order chi connectivity index (χ0) is 19.5. The SMILES string of the molecule is COc1ccc(Cc2nc3ccc(C(=O)NC4CCCC4)cc3o2)cc1OC. The van der Waals surface area contributed by atoms with Crippen molar-refractivity contribution in [2.24, 2.45) is 0 Å². The Hall–Kier alpha value is -3.02. The number of carbonyl (C=O) groups excluding carboxylic acids is 1. The second kappa shape index (κ2) is 7.92. The molecule has 146 valence electrons. The van der Waals surface area contributed by atoms with Crippen LogP contribution in [0.25, 0.3) is 11.1 Å². The number of methoxy groups -OCH3 is 2. The van der Waals surface area contributed by atoms with Gasteiger partial charge in [0.25, 0.3) is 5.91 Å². The lowest BCUT2D eigenvalue weighted by Gasteiger charge is -2.11. The largest absolute Gasteiger partial charge is 0.493 e. The van der Waals surface area contributed by atoms with E-state index in [9.17, 15) is 4.79 Å². The van der Waals surface area contributed by atoms with E-state index in [0.717, 1.165) is 23.9 Å². The van der Waals surface area contributed by atoms with Crippen molar-refractivity contribution in [3.8, 4) is 11.5 Å². The summed E-state index contributed by atoms with van der Waals surface area (Å²) in [4.78, 5) is 17.0. The van der Waals surface area contributed by atoms with Crippen molar-refractivity contribution >= 4 is 17.0 Å². The van der Waals surface area contributed by atoms with E-state index >= 15 is 0 Å². The van der Waals surface area contributed by atoms with Gasteiger partial charge < -0.3 is 19.2 Å². The summed E-state index contributed by atoms with van der Waals surface area (Å²) in [7, 11) is 3.22. The van der Waals surface area contributed by atoms with Crippen LogP contribution in [-0.2, 0) is 6.42 Å². The van der Waals surface area contributed by atoms with Crippen LogP contribution >= 0.6 is 0 Å². The molecule has 28 heavy (non-hydrogen) atoms. The molecule has 0 radical (unpaired) electrons. The summed E-state index contributed by atoms with van der Waals surface area (Å²) >= 11 is 0. The summed E-state index contributed by atoms with van der Waals surface area (Å²) in [6.07, 6.45) is 5.02. The third kappa shape index (κ3) is 3.81. The highest BCUT2D eigenvalue weighted by atomic mass is 16.5. The van der Waals surface area contributed by atoms with Gasteiger partial charge in [-0.25, -0.2) is 4.98 Å². The van der Waals surface area contributed by atoms with E-state index in [1.807, 2.05) is 24.3 Å². The molecule has 1 N–H and O–H groups in total. The number of nitrogens with zero attached hydrogens (tertiary/aromatic N) is 1. The molecule has 1 aliphatic rings. The average Bonchev–Trinajstić information content (AvgIpc) is 3.36. The highest BCUT2D eigenvalue weighted by molar-refractivity contribution is 5.97. The molecule has 0 unspecified atom stereocenters.